The smallest absolute Gasteiger partial charge is 0.181 e. The first kappa shape index (κ1) is 9.85. The van der Waals surface area contributed by atoms with Gasteiger partial charge < -0.3 is 30.3 Å². The van der Waals surface area contributed by atoms with E-state index in [1.54, 1.807) is 0 Å². The van der Waals surface area contributed by atoms with Crippen molar-refractivity contribution in [3.8, 4) is 0 Å². The van der Waals surface area contributed by atoms with E-state index >= 15 is 0 Å². The summed E-state index contributed by atoms with van der Waals surface area (Å²) in [6.45, 7) is -0.471. The predicted octanol–water partition coefficient (Wildman–Crippen LogP) is -3.22. The van der Waals surface area contributed by atoms with Crippen molar-refractivity contribution in [2.45, 2.75) is 30.7 Å². The molecular formula is C6H12O6. The third-order valence-corrected chi connectivity index (χ3v) is 1.87. The fraction of sp³-hybridized carbons (Fsp3) is 1.00. The zero-order valence-corrected chi connectivity index (χ0v) is 6.24. The monoisotopic (exact) mass is 180 g/mol. The van der Waals surface area contributed by atoms with Crippen LogP contribution in [0.5, 0.6) is 0 Å². The third kappa shape index (κ3) is 1.58. The van der Waals surface area contributed by atoms with E-state index in [0.717, 1.165) is 0 Å². The van der Waals surface area contributed by atoms with Gasteiger partial charge in [0.05, 0.1) is 6.61 Å². The highest BCUT2D eigenvalue weighted by Crippen LogP contribution is 2.22. The van der Waals surface area contributed by atoms with Crippen molar-refractivity contribution in [2.24, 2.45) is 0 Å². The fourth-order valence-corrected chi connectivity index (χ4v) is 1.17. The van der Waals surface area contributed by atoms with Gasteiger partial charge in [-0.1, -0.05) is 0 Å². The zero-order chi connectivity index (χ0) is 9.30. The molecule has 0 spiro atoms. The summed E-state index contributed by atoms with van der Waals surface area (Å²) in [5.74, 6) is 0. The van der Waals surface area contributed by atoms with Crippen molar-refractivity contribution >= 4 is 0 Å². The van der Waals surface area contributed by atoms with Crippen LogP contribution in [0.4, 0.5) is 0 Å². The molecule has 0 amide bonds. The molecule has 0 radical (unpaired) electrons. The number of rotatable bonds is 2. The average Bonchev–Trinajstić information content (AvgIpc) is 2.30. The maximum atomic E-state index is 9.12. The second-order valence-corrected chi connectivity index (χ2v) is 2.72. The van der Waals surface area contributed by atoms with Gasteiger partial charge in [0.25, 0.3) is 0 Å². The first-order valence-electron chi connectivity index (χ1n) is 3.56. The largest absolute Gasteiger partial charge is 0.394 e. The summed E-state index contributed by atoms with van der Waals surface area (Å²) in [6.07, 6.45) is -6.71. The lowest BCUT2D eigenvalue weighted by Gasteiger charge is -2.15. The molecule has 1 fully saturated rings. The van der Waals surface area contributed by atoms with Crippen LogP contribution < -0.4 is 0 Å². The maximum absolute atomic E-state index is 9.12. The molecule has 1 rings (SSSR count). The SMILES string of the molecule is OC[C@H]1O[C@H](C(O)O)[C@@H](O)[C@@H]1O. The molecule has 5 N–H and O–H groups in total. The number of hydrogen-bond acceptors (Lipinski definition) is 6. The van der Waals surface area contributed by atoms with Crippen molar-refractivity contribution in [1.82, 2.24) is 0 Å². The summed E-state index contributed by atoms with van der Waals surface area (Å²) < 4.78 is 4.75. The Bertz CT molecular complexity index is 149. The molecule has 1 aliphatic heterocycles. The molecule has 1 heterocycles. The Morgan fingerprint density at radius 2 is 1.75 bits per heavy atom. The summed E-state index contributed by atoms with van der Waals surface area (Å²) in [6, 6.07) is 0. The van der Waals surface area contributed by atoms with Crippen molar-refractivity contribution in [1.29, 1.82) is 0 Å². The Hall–Kier alpha value is -0.240. The van der Waals surface area contributed by atoms with E-state index < -0.39 is 37.3 Å². The lowest BCUT2D eigenvalue weighted by Crippen LogP contribution is -2.38. The van der Waals surface area contributed by atoms with E-state index in [0.29, 0.717) is 0 Å². The van der Waals surface area contributed by atoms with Gasteiger partial charge in [0.15, 0.2) is 6.29 Å². The Morgan fingerprint density at radius 3 is 2.00 bits per heavy atom. The summed E-state index contributed by atoms with van der Waals surface area (Å²) in [4.78, 5) is 0. The van der Waals surface area contributed by atoms with Gasteiger partial charge >= 0.3 is 0 Å². The molecule has 0 saturated carbocycles. The van der Waals surface area contributed by atoms with Gasteiger partial charge in [0, 0.05) is 0 Å². The highest BCUT2D eigenvalue weighted by molar-refractivity contribution is 4.90. The van der Waals surface area contributed by atoms with Gasteiger partial charge in [-0.25, -0.2) is 0 Å². The third-order valence-electron chi connectivity index (χ3n) is 1.87. The van der Waals surface area contributed by atoms with Crippen LogP contribution in [-0.2, 0) is 4.74 Å². The van der Waals surface area contributed by atoms with E-state index in [1.165, 1.54) is 0 Å². The predicted molar refractivity (Wildman–Crippen MR) is 36.0 cm³/mol. The Labute approximate surface area is 68.6 Å². The zero-order valence-electron chi connectivity index (χ0n) is 6.24. The molecule has 0 aliphatic carbocycles. The van der Waals surface area contributed by atoms with E-state index in [2.05, 4.69) is 0 Å². The Kier molecular flexibility index (Phi) is 2.99. The first-order valence-corrected chi connectivity index (χ1v) is 3.56. The second kappa shape index (κ2) is 3.65. The summed E-state index contributed by atoms with van der Waals surface area (Å²) in [7, 11) is 0. The van der Waals surface area contributed by atoms with Gasteiger partial charge in [-0.15, -0.1) is 0 Å². The molecule has 1 aliphatic rings. The molecule has 0 bridgehead atoms. The normalized spacial score (nSPS) is 42.5. The molecule has 0 unspecified atom stereocenters. The Balaban J connectivity index is 2.60. The first-order chi connectivity index (χ1) is 5.57. The molecular weight excluding hydrogens is 168 g/mol. The van der Waals surface area contributed by atoms with Gasteiger partial charge in [0.1, 0.15) is 24.4 Å². The number of ether oxygens (including phenoxy) is 1. The molecule has 6 heteroatoms. The van der Waals surface area contributed by atoms with E-state index in [-0.39, 0.29) is 0 Å². The highest BCUT2D eigenvalue weighted by Gasteiger charge is 2.45. The van der Waals surface area contributed by atoms with Gasteiger partial charge in [-0.05, 0) is 0 Å². The molecule has 12 heavy (non-hydrogen) atoms. The maximum Gasteiger partial charge on any atom is 0.181 e. The molecule has 6 nitrogen and oxygen atoms in total. The number of aliphatic hydroxyl groups excluding tert-OH is 4. The molecule has 72 valence electrons. The summed E-state index contributed by atoms with van der Waals surface area (Å²) in [5.41, 5.74) is 0. The van der Waals surface area contributed by atoms with Gasteiger partial charge in [-0.2, -0.15) is 0 Å². The van der Waals surface area contributed by atoms with Crippen LogP contribution >= 0.6 is 0 Å². The number of aliphatic hydroxyl groups is 5. The van der Waals surface area contributed by atoms with Crippen LogP contribution in [-0.4, -0.2) is 62.8 Å². The van der Waals surface area contributed by atoms with Crippen LogP contribution in [0.1, 0.15) is 0 Å². The molecule has 0 aromatic rings. The quantitative estimate of drug-likeness (QED) is 0.286. The van der Waals surface area contributed by atoms with E-state index in [9.17, 15) is 0 Å². The minimum absolute atomic E-state index is 0.471. The Morgan fingerprint density at radius 1 is 1.17 bits per heavy atom. The van der Waals surface area contributed by atoms with Crippen molar-refractivity contribution in [2.75, 3.05) is 6.61 Å². The van der Waals surface area contributed by atoms with Crippen LogP contribution in [0.25, 0.3) is 0 Å². The van der Waals surface area contributed by atoms with Crippen molar-refractivity contribution in [3.63, 3.8) is 0 Å². The number of hydrogen-bond donors (Lipinski definition) is 5. The van der Waals surface area contributed by atoms with Gasteiger partial charge in [0.2, 0.25) is 0 Å². The van der Waals surface area contributed by atoms with Gasteiger partial charge in [-0.3, -0.25) is 0 Å². The van der Waals surface area contributed by atoms with Crippen LogP contribution in [0.15, 0.2) is 0 Å². The molecule has 0 aromatic carbocycles. The molecule has 0 aromatic heterocycles. The van der Waals surface area contributed by atoms with Crippen LogP contribution in [0.2, 0.25) is 0 Å². The lowest BCUT2D eigenvalue weighted by atomic mass is 10.1. The fourth-order valence-electron chi connectivity index (χ4n) is 1.17. The van der Waals surface area contributed by atoms with Crippen LogP contribution in [0, 0.1) is 0 Å². The standard InChI is InChI=1S/C6H12O6/c7-1-2-3(8)4(9)5(12-2)6(10)11/h2-11H,1H2/t2-,3-,4+,5+/m1/s1. The minimum atomic E-state index is -1.86. The van der Waals surface area contributed by atoms with E-state index in [1.807, 2.05) is 0 Å². The van der Waals surface area contributed by atoms with E-state index in [4.69, 9.17) is 30.3 Å². The van der Waals surface area contributed by atoms with Crippen LogP contribution in [0.3, 0.4) is 0 Å². The minimum Gasteiger partial charge on any atom is -0.394 e. The average molecular weight is 180 g/mol. The molecule has 1 saturated heterocycles. The van der Waals surface area contributed by atoms with Crippen molar-refractivity contribution < 1.29 is 30.3 Å². The van der Waals surface area contributed by atoms with Crippen molar-refractivity contribution in [3.05, 3.63) is 0 Å². The second-order valence-electron chi connectivity index (χ2n) is 2.72. The molecule has 4 atom stereocenters. The topological polar surface area (TPSA) is 110 Å². The lowest BCUT2D eigenvalue weighted by molar-refractivity contribution is -0.162. The highest BCUT2D eigenvalue weighted by atomic mass is 16.6. The summed E-state index contributed by atoms with van der Waals surface area (Å²) in [5, 5.41) is 44.1. The summed E-state index contributed by atoms with van der Waals surface area (Å²) >= 11 is 0.